The van der Waals surface area contributed by atoms with Crippen LogP contribution in [-0.2, 0) is 9.53 Å². The number of aromatic nitrogens is 2. The topological polar surface area (TPSA) is 76.6 Å². The first-order valence-electron chi connectivity index (χ1n) is 6.14. The first-order valence-corrected chi connectivity index (χ1v) is 6.14. The maximum absolute atomic E-state index is 12.0. The summed E-state index contributed by atoms with van der Waals surface area (Å²) < 4.78 is 10.2. The Kier molecular flexibility index (Phi) is 4.51. The molecule has 1 atom stereocenters. The molecule has 104 valence electrons. The van der Waals surface area contributed by atoms with Crippen LogP contribution in [0.25, 0.3) is 0 Å². The molecule has 7 nitrogen and oxygen atoms in total. The minimum Gasteiger partial charge on any atom is -0.481 e. The van der Waals surface area contributed by atoms with Crippen molar-refractivity contribution in [2.75, 3.05) is 39.2 Å². The predicted molar refractivity (Wildman–Crippen MR) is 69.1 cm³/mol. The van der Waals surface area contributed by atoms with Crippen molar-refractivity contribution >= 4 is 11.9 Å². The predicted octanol–water partition coefficient (Wildman–Crippen LogP) is 0.144. The Balaban J connectivity index is 1.83. The van der Waals surface area contributed by atoms with Crippen LogP contribution in [0.1, 0.15) is 6.42 Å². The highest BCUT2D eigenvalue weighted by atomic mass is 16.5. The normalized spacial score (nSPS) is 18.4. The number of rotatable bonds is 5. The first-order chi connectivity index (χ1) is 9.22. The van der Waals surface area contributed by atoms with Crippen LogP contribution in [0.2, 0.25) is 0 Å². The molecule has 1 aromatic heterocycles. The fourth-order valence-corrected chi connectivity index (χ4v) is 1.95. The minimum atomic E-state index is 0.0194. The highest BCUT2D eigenvalue weighted by Gasteiger charge is 2.25. The summed E-state index contributed by atoms with van der Waals surface area (Å²) in [6.45, 7) is 1.55. The molecule has 1 aromatic rings. The lowest BCUT2D eigenvalue weighted by molar-refractivity contribution is -0.128. The van der Waals surface area contributed by atoms with Crippen LogP contribution in [0, 0.1) is 0 Å². The molecule has 1 saturated heterocycles. The van der Waals surface area contributed by atoms with E-state index >= 15 is 0 Å². The van der Waals surface area contributed by atoms with E-state index in [1.807, 2.05) is 0 Å². The van der Waals surface area contributed by atoms with Gasteiger partial charge in [-0.25, -0.2) is 4.98 Å². The molecule has 2 heterocycles. The molecule has 1 fully saturated rings. The molecule has 1 N–H and O–H groups in total. The van der Waals surface area contributed by atoms with Crippen molar-refractivity contribution in [1.82, 2.24) is 14.9 Å². The number of nitrogens with zero attached hydrogens (tertiary/aromatic N) is 3. The molecule has 1 aliphatic heterocycles. The van der Waals surface area contributed by atoms with Gasteiger partial charge in [0, 0.05) is 32.5 Å². The Labute approximate surface area is 111 Å². The van der Waals surface area contributed by atoms with Crippen molar-refractivity contribution in [3.63, 3.8) is 0 Å². The summed E-state index contributed by atoms with van der Waals surface area (Å²) in [6, 6.07) is 1.65. The molecule has 1 aliphatic rings. The average Bonchev–Trinajstić information content (AvgIpc) is 2.94. The van der Waals surface area contributed by atoms with E-state index in [-0.39, 0.29) is 18.6 Å². The third kappa shape index (κ3) is 3.54. The van der Waals surface area contributed by atoms with E-state index in [0.717, 1.165) is 13.0 Å². The number of amides is 1. The zero-order chi connectivity index (χ0) is 13.7. The smallest absolute Gasteiger partial charge is 0.242 e. The van der Waals surface area contributed by atoms with Gasteiger partial charge in [-0.3, -0.25) is 4.79 Å². The summed E-state index contributed by atoms with van der Waals surface area (Å²) in [5.74, 6) is 0.867. The van der Waals surface area contributed by atoms with E-state index in [0.29, 0.717) is 18.4 Å². The van der Waals surface area contributed by atoms with Crippen LogP contribution >= 0.6 is 0 Å². The van der Waals surface area contributed by atoms with Crippen LogP contribution in [0.3, 0.4) is 0 Å². The Morgan fingerprint density at radius 1 is 1.58 bits per heavy atom. The number of hydrogen-bond acceptors (Lipinski definition) is 6. The molecule has 0 unspecified atom stereocenters. The highest BCUT2D eigenvalue weighted by molar-refractivity contribution is 5.80. The molecular weight excluding hydrogens is 248 g/mol. The molecule has 0 saturated carbocycles. The lowest BCUT2D eigenvalue weighted by Gasteiger charge is -2.16. The van der Waals surface area contributed by atoms with E-state index in [4.69, 9.17) is 9.47 Å². The van der Waals surface area contributed by atoms with Crippen LogP contribution in [0.15, 0.2) is 12.3 Å². The van der Waals surface area contributed by atoms with E-state index in [1.54, 1.807) is 24.3 Å². The maximum atomic E-state index is 12.0. The summed E-state index contributed by atoms with van der Waals surface area (Å²) in [5, 5.41) is 2.89. The van der Waals surface area contributed by atoms with Crippen molar-refractivity contribution in [3.05, 3.63) is 12.3 Å². The Bertz CT molecular complexity index is 441. The number of hydrogen-bond donors (Lipinski definition) is 1. The molecule has 2 rings (SSSR count). The van der Waals surface area contributed by atoms with Crippen LogP contribution in [0.4, 0.5) is 5.95 Å². The number of carbonyl (C=O) groups excluding carboxylic acids is 1. The number of nitrogens with one attached hydrogen (secondary N) is 1. The van der Waals surface area contributed by atoms with Gasteiger partial charge in [0.25, 0.3) is 0 Å². The summed E-state index contributed by atoms with van der Waals surface area (Å²) >= 11 is 0. The largest absolute Gasteiger partial charge is 0.481 e. The van der Waals surface area contributed by atoms with Gasteiger partial charge in [-0.2, -0.15) is 4.98 Å². The van der Waals surface area contributed by atoms with Gasteiger partial charge in [-0.05, 0) is 6.42 Å². The average molecular weight is 266 g/mol. The standard InChI is InChI=1S/C12H18N4O3/c1-18-9-4-6-16(8-9)11(17)7-14-12-13-5-3-10(15-12)19-2/h3,5,9H,4,6-8H2,1-2H3,(H,13,14,15)/t9-/m1/s1. The van der Waals surface area contributed by atoms with Gasteiger partial charge in [0.05, 0.1) is 19.8 Å². The fraction of sp³-hybridized carbons (Fsp3) is 0.583. The number of methoxy groups -OCH3 is 2. The van der Waals surface area contributed by atoms with Crippen LogP contribution in [0.5, 0.6) is 5.88 Å². The fourth-order valence-electron chi connectivity index (χ4n) is 1.95. The summed E-state index contributed by atoms with van der Waals surface area (Å²) in [4.78, 5) is 21.8. The van der Waals surface area contributed by atoms with Crippen LogP contribution in [-0.4, -0.2) is 60.7 Å². The van der Waals surface area contributed by atoms with Gasteiger partial charge < -0.3 is 19.7 Å². The lowest BCUT2D eigenvalue weighted by Crippen LogP contribution is -2.34. The summed E-state index contributed by atoms with van der Waals surface area (Å²) in [6.07, 6.45) is 2.62. The number of anilines is 1. The lowest BCUT2D eigenvalue weighted by atomic mass is 10.3. The third-order valence-corrected chi connectivity index (χ3v) is 3.07. The number of carbonyl (C=O) groups is 1. The monoisotopic (exact) mass is 266 g/mol. The van der Waals surface area contributed by atoms with Gasteiger partial charge in [0.2, 0.25) is 17.7 Å². The van der Waals surface area contributed by atoms with Gasteiger partial charge in [-0.1, -0.05) is 0 Å². The van der Waals surface area contributed by atoms with Crippen molar-refractivity contribution in [2.45, 2.75) is 12.5 Å². The summed E-state index contributed by atoms with van der Waals surface area (Å²) in [7, 11) is 3.20. The SMILES string of the molecule is COc1ccnc(NCC(=O)N2CC[C@@H](OC)C2)n1. The van der Waals surface area contributed by atoms with E-state index in [9.17, 15) is 4.79 Å². The molecule has 0 aromatic carbocycles. The van der Waals surface area contributed by atoms with Gasteiger partial charge in [0.15, 0.2) is 0 Å². The molecular formula is C12H18N4O3. The Morgan fingerprint density at radius 3 is 3.11 bits per heavy atom. The van der Waals surface area contributed by atoms with Crippen molar-refractivity contribution in [2.24, 2.45) is 0 Å². The molecule has 0 aliphatic carbocycles. The summed E-state index contributed by atoms with van der Waals surface area (Å²) in [5.41, 5.74) is 0. The second kappa shape index (κ2) is 6.33. The molecule has 1 amide bonds. The minimum absolute atomic E-state index is 0.0194. The molecule has 7 heteroatoms. The Morgan fingerprint density at radius 2 is 2.42 bits per heavy atom. The quantitative estimate of drug-likeness (QED) is 0.817. The van der Waals surface area contributed by atoms with Crippen molar-refractivity contribution in [1.29, 1.82) is 0 Å². The van der Waals surface area contributed by atoms with Gasteiger partial charge in [-0.15, -0.1) is 0 Å². The Hall–Kier alpha value is -1.89. The van der Waals surface area contributed by atoms with Crippen LogP contribution < -0.4 is 10.1 Å². The zero-order valence-electron chi connectivity index (χ0n) is 11.1. The first kappa shape index (κ1) is 13.5. The van der Waals surface area contributed by atoms with E-state index < -0.39 is 0 Å². The number of likely N-dealkylation sites (tertiary alicyclic amines) is 1. The second-order valence-electron chi connectivity index (χ2n) is 4.26. The molecule has 0 radical (unpaired) electrons. The molecule has 0 spiro atoms. The zero-order valence-corrected chi connectivity index (χ0v) is 11.1. The molecule has 19 heavy (non-hydrogen) atoms. The van der Waals surface area contributed by atoms with Gasteiger partial charge >= 0.3 is 0 Å². The van der Waals surface area contributed by atoms with Crippen molar-refractivity contribution < 1.29 is 14.3 Å². The maximum Gasteiger partial charge on any atom is 0.242 e. The third-order valence-electron chi connectivity index (χ3n) is 3.07. The highest BCUT2D eigenvalue weighted by Crippen LogP contribution is 2.12. The van der Waals surface area contributed by atoms with Gasteiger partial charge in [0.1, 0.15) is 0 Å². The van der Waals surface area contributed by atoms with Crippen molar-refractivity contribution in [3.8, 4) is 5.88 Å². The number of ether oxygens (including phenoxy) is 2. The van der Waals surface area contributed by atoms with E-state index in [1.165, 1.54) is 7.11 Å². The molecule has 0 bridgehead atoms. The van der Waals surface area contributed by atoms with E-state index in [2.05, 4.69) is 15.3 Å². The second-order valence-corrected chi connectivity index (χ2v) is 4.26.